The lowest BCUT2D eigenvalue weighted by atomic mass is 10.1. The summed E-state index contributed by atoms with van der Waals surface area (Å²) < 4.78 is 5.38. The van der Waals surface area contributed by atoms with Gasteiger partial charge in [0, 0.05) is 38.3 Å². The fourth-order valence-electron chi connectivity index (χ4n) is 2.51. The first-order valence-electron chi connectivity index (χ1n) is 9.54. The van der Waals surface area contributed by atoms with Crippen LogP contribution in [0.4, 0.5) is 4.79 Å². The highest BCUT2D eigenvalue weighted by atomic mass is 32.1. The lowest BCUT2D eigenvalue weighted by Gasteiger charge is -2.24. The molecule has 158 valence electrons. The van der Waals surface area contributed by atoms with Gasteiger partial charge in [-0.1, -0.05) is 24.3 Å². The zero-order valence-corrected chi connectivity index (χ0v) is 18.9. The Morgan fingerprint density at radius 1 is 1.17 bits per heavy atom. The predicted molar refractivity (Wildman–Crippen MR) is 118 cm³/mol. The number of nitrogens with one attached hydrogen (secondary N) is 2. The van der Waals surface area contributed by atoms with Crippen molar-refractivity contribution in [3.63, 3.8) is 0 Å². The number of benzene rings is 1. The highest BCUT2D eigenvalue weighted by molar-refractivity contribution is 7.11. The first-order valence-corrected chi connectivity index (χ1v) is 10.4. The van der Waals surface area contributed by atoms with Gasteiger partial charge in [-0.15, -0.1) is 11.3 Å². The van der Waals surface area contributed by atoms with E-state index in [1.165, 1.54) is 4.88 Å². The topological polar surface area (TPSA) is 78.9 Å². The monoisotopic (exact) mass is 417 g/mol. The van der Waals surface area contributed by atoms with Gasteiger partial charge in [-0.05, 0) is 38.8 Å². The minimum Gasteiger partial charge on any atom is -0.444 e. The average Bonchev–Trinajstić information content (AvgIpc) is 3.07. The molecule has 1 aromatic carbocycles. The van der Waals surface area contributed by atoms with Crippen molar-refractivity contribution in [1.82, 2.24) is 20.5 Å². The lowest BCUT2D eigenvalue weighted by molar-refractivity contribution is 0.0285. The Morgan fingerprint density at radius 3 is 2.34 bits per heavy atom. The maximum absolute atomic E-state index is 12.1. The molecule has 2 aromatic rings. The Labute approximate surface area is 177 Å². The second-order valence-electron chi connectivity index (χ2n) is 7.78. The molecule has 0 spiro atoms. The third-order valence-corrected chi connectivity index (χ3v) is 4.84. The van der Waals surface area contributed by atoms with Crippen LogP contribution in [0.2, 0.25) is 0 Å². The van der Waals surface area contributed by atoms with Crippen molar-refractivity contribution in [3.05, 3.63) is 51.5 Å². The molecule has 29 heavy (non-hydrogen) atoms. The van der Waals surface area contributed by atoms with Gasteiger partial charge in [-0.2, -0.15) is 0 Å². The molecule has 0 unspecified atom stereocenters. The van der Waals surface area contributed by atoms with Crippen molar-refractivity contribution in [2.24, 2.45) is 4.99 Å². The molecule has 7 nitrogen and oxygen atoms in total. The maximum Gasteiger partial charge on any atom is 0.410 e. The zero-order chi connectivity index (χ0) is 21.4. The van der Waals surface area contributed by atoms with Gasteiger partial charge >= 0.3 is 6.09 Å². The van der Waals surface area contributed by atoms with E-state index in [-0.39, 0.29) is 6.09 Å². The van der Waals surface area contributed by atoms with E-state index in [4.69, 9.17) is 4.74 Å². The van der Waals surface area contributed by atoms with Crippen LogP contribution in [0.25, 0.3) is 0 Å². The molecule has 0 aliphatic rings. The molecule has 1 aromatic heterocycles. The van der Waals surface area contributed by atoms with Gasteiger partial charge in [0.2, 0.25) is 0 Å². The van der Waals surface area contributed by atoms with E-state index in [0.29, 0.717) is 19.6 Å². The van der Waals surface area contributed by atoms with Gasteiger partial charge < -0.3 is 20.3 Å². The number of aromatic nitrogens is 1. The molecule has 0 aliphatic heterocycles. The van der Waals surface area contributed by atoms with Crippen molar-refractivity contribution in [3.8, 4) is 0 Å². The third-order valence-electron chi connectivity index (χ3n) is 3.93. The van der Waals surface area contributed by atoms with Crippen LogP contribution in [0.15, 0.2) is 35.5 Å². The quantitative estimate of drug-likeness (QED) is 0.554. The summed E-state index contributed by atoms with van der Waals surface area (Å²) in [6, 6.07) is 8.14. The normalized spacial score (nSPS) is 11.9. The minimum atomic E-state index is -0.494. The number of aliphatic imine (C=N–C) groups is 1. The van der Waals surface area contributed by atoms with E-state index in [1.807, 2.05) is 58.2 Å². The molecule has 0 aliphatic carbocycles. The molecule has 2 rings (SSSR count). The first kappa shape index (κ1) is 22.7. The summed E-state index contributed by atoms with van der Waals surface area (Å²) in [5.74, 6) is 0.741. The van der Waals surface area contributed by atoms with Gasteiger partial charge in [-0.3, -0.25) is 4.99 Å². The Morgan fingerprint density at radius 2 is 1.79 bits per heavy atom. The summed E-state index contributed by atoms with van der Waals surface area (Å²) in [5.41, 5.74) is 1.68. The van der Waals surface area contributed by atoms with E-state index in [2.05, 4.69) is 20.6 Å². The number of carbonyl (C=O) groups is 1. The molecule has 0 atom stereocenters. The van der Waals surface area contributed by atoms with Crippen molar-refractivity contribution in [2.45, 2.75) is 52.9 Å². The Kier molecular flexibility index (Phi) is 8.01. The van der Waals surface area contributed by atoms with E-state index in [0.717, 1.165) is 22.1 Å². The van der Waals surface area contributed by atoms with E-state index < -0.39 is 5.60 Å². The molecule has 0 bridgehead atoms. The van der Waals surface area contributed by atoms with Crippen molar-refractivity contribution < 1.29 is 9.53 Å². The third kappa shape index (κ3) is 8.11. The molecule has 0 saturated carbocycles. The average molecular weight is 418 g/mol. The van der Waals surface area contributed by atoms with Crippen LogP contribution in [-0.4, -0.2) is 41.6 Å². The predicted octanol–water partition coefficient (Wildman–Crippen LogP) is 3.68. The van der Waals surface area contributed by atoms with E-state index in [9.17, 15) is 4.79 Å². The number of hydrogen-bond acceptors (Lipinski definition) is 5. The number of rotatable bonds is 6. The van der Waals surface area contributed by atoms with E-state index >= 15 is 0 Å². The second kappa shape index (κ2) is 10.2. The number of aryl methyl sites for hydroxylation is 1. The molecule has 0 saturated heterocycles. The van der Waals surface area contributed by atoms with Crippen molar-refractivity contribution in [1.29, 1.82) is 0 Å². The number of thiazole rings is 1. The fourth-order valence-corrected chi connectivity index (χ4v) is 3.24. The number of ether oxygens (including phenoxy) is 1. The van der Waals surface area contributed by atoms with Crippen molar-refractivity contribution in [2.75, 3.05) is 14.1 Å². The molecule has 0 fully saturated rings. The molecular formula is C21H31N5O2S. The zero-order valence-electron chi connectivity index (χ0n) is 18.1. The van der Waals surface area contributed by atoms with Crippen LogP contribution >= 0.6 is 11.3 Å². The van der Waals surface area contributed by atoms with E-state index in [1.54, 1.807) is 30.3 Å². The van der Waals surface area contributed by atoms with Gasteiger partial charge in [-0.25, -0.2) is 9.78 Å². The van der Waals surface area contributed by atoms with Gasteiger partial charge in [0.05, 0.1) is 11.6 Å². The first-order chi connectivity index (χ1) is 13.7. The number of nitrogens with zero attached hydrogens (tertiary/aromatic N) is 3. The standard InChI is InChI=1S/C21H31N5O2S/c1-15-23-12-18(29-15)13-25-19(22-5)24-11-16-7-9-17(10-8-16)14-26(6)20(27)28-21(2,3)4/h7-10,12H,11,13-14H2,1-6H3,(H2,22,24,25). The van der Waals surface area contributed by atoms with Crippen LogP contribution < -0.4 is 10.6 Å². The summed E-state index contributed by atoms with van der Waals surface area (Å²) in [4.78, 5) is 23.3. The highest BCUT2D eigenvalue weighted by Crippen LogP contribution is 2.13. The molecular weight excluding hydrogens is 386 g/mol. The van der Waals surface area contributed by atoms with Gasteiger partial charge in [0.1, 0.15) is 5.60 Å². The molecule has 1 heterocycles. The van der Waals surface area contributed by atoms with Crippen LogP contribution in [0.1, 0.15) is 41.8 Å². The molecule has 8 heteroatoms. The molecule has 0 radical (unpaired) electrons. The minimum absolute atomic E-state index is 0.325. The Hall–Kier alpha value is -2.61. The summed E-state index contributed by atoms with van der Waals surface area (Å²) in [7, 11) is 3.49. The summed E-state index contributed by atoms with van der Waals surface area (Å²) >= 11 is 1.67. The number of carbonyl (C=O) groups excluding carboxylic acids is 1. The smallest absolute Gasteiger partial charge is 0.410 e. The second-order valence-corrected chi connectivity index (χ2v) is 9.10. The Balaban J connectivity index is 1.81. The summed E-state index contributed by atoms with van der Waals surface area (Å²) in [5, 5.41) is 7.65. The van der Waals surface area contributed by atoms with Crippen LogP contribution in [-0.2, 0) is 24.4 Å². The molecule has 2 N–H and O–H groups in total. The highest BCUT2D eigenvalue weighted by Gasteiger charge is 2.19. The largest absolute Gasteiger partial charge is 0.444 e. The van der Waals surface area contributed by atoms with Crippen LogP contribution in [0.5, 0.6) is 0 Å². The van der Waals surface area contributed by atoms with Gasteiger partial charge in [0.15, 0.2) is 5.96 Å². The van der Waals surface area contributed by atoms with Crippen molar-refractivity contribution >= 4 is 23.4 Å². The lowest BCUT2D eigenvalue weighted by Crippen LogP contribution is -2.36. The molecule has 1 amide bonds. The number of hydrogen-bond donors (Lipinski definition) is 2. The fraction of sp³-hybridized carbons (Fsp3) is 0.476. The van der Waals surface area contributed by atoms with Crippen LogP contribution in [0.3, 0.4) is 0 Å². The Bertz CT molecular complexity index is 824. The number of amides is 1. The maximum atomic E-state index is 12.1. The van der Waals surface area contributed by atoms with Crippen LogP contribution in [0, 0.1) is 6.92 Å². The SMILES string of the molecule is CN=C(NCc1ccc(CN(C)C(=O)OC(C)(C)C)cc1)NCc1cnc(C)s1. The van der Waals surface area contributed by atoms with Gasteiger partial charge in [0.25, 0.3) is 0 Å². The summed E-state index contributed by atoms with van der Waals surface area (Å²) in [6.07, 6.45) is 1.56. The summed E-state index contributed by atoms with van der Waals surface area (Å²) in [6.45, 7) is 9.44. The number of guanidine groups is 1.